The summed E-state index contributed by atoms with van der Waals surface area (Å²) in [4.78, 5) is 0. The molecule has 0 fully saturated rings. The molecule has 3 heteroatoms. The van der Waals surface area contributed by atoms with E-state index in [-0.39, 0.29) is 5.82 Å². The lowest BCUT2D eigenvalue weighted by Crippen LogP contribution is -2.28. The molecule has 1 rings (SSSR count). The fourth-order valence-corrected chi connectivity index (χ4v) is 2.56. The van der Waals surface area contributed by atoms with Gasteiger partial charge in [0.25, 0.3) is 0 Å². The minimum absolute atomic E-state index is 0.159. The Morgan fingerprint density at radius 3 is 2.65 bits per heavy atom. The second-order valence-electron chi connectivity index (χ2n) is 4.33. The summed E-state index contributed by atoms with van der Waals surface area (Å²) < 4.78 is 14.0. The van der Waals surface area contributed by atoms with Crippen LogP contribution in [0.2, 0.25) is 0 Å². The lowest BCUT2D eigenvalue weighted by molar-refractivity contribution is 0.467. The van der Waals surface area contributed by atoms with E-state index in [2.05, 4.69) is 35.1 Å². The molecule has 0 radical (unpaired) electrons. The summed E-state index contributed by atoms with van der Waals surface area (Å²) in [5.74, 6) is -0.159. The van der Waals surface area contributed by atoms with Crippen molar-refractivity contribution in [3.8, 4) is 0 Å². The van der Waals surface area contributed by atoms with Crippen molar-refractivity contribution in [2.24, 2.45) is 0 Å². The first kappa shape index (κ1) is 14.7. The van der Waals surface area contributed by atoms with E-state index in [1.54, 1.807) is 6.07 Å². The topological polar surface area (TPSA) is 12.0 Å². The monoisotopic (exact) mass is 301 g/mol. The zero-order valence-electron chi connectivity index (χ0n) is 10.6. The van der Waals surface area contributed by atoms with Crippen molar-refractivity contribution >= 4 is 15.9 Å². The summed E-state index contributed by atoms with van der Waals surface area (Å²) in [7, 11) is 0. The summed E-state index contributed by atoms with van der Waals surface area (Å²) in [6.07, 6.45) is 4.35. The van der Waals surface area contributed by atoms with Crippen molar-refractivity contribution in [2.75, 3.05) is 6.54 Å². The number of aryl methyl sites for hydroxylation is 1. The molecule has 1 N–H and O–H groups in total. The third kappa shape index (κ3) is 5.64. The van der Waals surface area contributed by atoms with Gasteiger partial charge in [0.05, 0.1) is 0 Å². The first-order valence-electron chi connectivity index (χ1n) is 6.34. The number of benzene rings is 1. The van der Waals surface area contributed by atoms with Crippen molar-refractivity contribution in [2.45, 2.75) is 45.6 Å². The fraction of sp³-hybridized carbons (Fsp3) is 0.571. The van der Waals surface area contributed by atoms with E-state index in [4.69, 9.17) is 0 Å². The van der Waals surface area contributed by atoms with Crippen molar-refractivity contribution in [1.82, 2.24) is 5.32 Å². The zero-order valence-corrected chi connectivity index (χ0v) is 12.2. The van der Waals surface area contributed by atoms with Gasteiger partial charge in [0.2, 0.25) is 0 Å². The molecule has 17 heavy (non-hydrogen) atoms. The van der Waals surface area contributed by atoms with Gasteiger partial charge in [-0.3, -0.25) is 0 Å². The average molecular weight is 302 g/mol. The van der Waals surface area contributed by atoms with E-state index in [0.29, 0.717) is 6.04 Å². The fourth-order valence-electron chi connectivity index (χ4n) is 2.05. The van der Waals surface area contributed by atoms with Gasteiger partial charge in [0.1, 0.15) is 5.82 Å². The summed E-state index contributed by atoms with van der Waals surface area (Å²) in [5.41, 5.74) is 1.07. The molecular formula is C14H21BrFN. The van der Waals surface area contributed by atoms with Gasteiger partial charge >= 0.3 is 0 Å². The molecule has 0 saturated heterocycles. The number of nitrogens with one attached hydrogen (secondary N) is 1. The Labute approximate surface area is 112 Å². The standard InChI is InChI=1S/C14H21BrFN/c1-3-14(17-4-2)7-5-6-11-8-12(15)10-13(16)9-11/h8-10,14,17H,3-7H2,1-2H3. The van der Waals surface area contributed by atoms with Crippen LogP contribution < -0.4 is 5.32 Å². The second-order valence-corrected chi connectivity index (χ2v) is 5.25. The molecule has 0 aliphatic carbocycles. The Kier molecular flexibility index (Phi) is 6.75. The maximum Gasteiger partial charge on any atom is 0.124 e. The van der Waals surface area contributed by atoms with Crippen LogP contribution in [-0.4, -0.2) is 12.6 Å². The van der Waals surface area contributed by atoms with Crippen LogP contribution in [0.4, 0.5) is 4.39 Å². The highest BCUT2D eigenvalue weighted by Crippen LogP contribution is 2.17. The molecule has 0 spiro atoms. The molecule has 0 aliphatic rings. The Hall–Kier alpha value is -0.410. The van der Waals surface area contributed by atoms with Gasteiger partial charge in [-0.25, -0.2) is 4.39 Å². The highest BCUT2D eigenvalue weighted by Gasteiger charge is 2.05. The number of halogens is 2. The lowest BCUT2D eigenvalue weighted by atomic mass is 10.0. The second kappa shape index (κ2) is 7.83. The van der Waals surface area contributed by atoms with E-state index in [1.165, 1.54) is 6.07 Å². The molecule has 1 nitrogen and oxygen atoms in total. The molecule has 1 unspecified atom stereocenters. The van der Waals surface area contributed by atoms with Crippen LogP contribution in [0.15, 0.2) is 22.7 Å². The molecule has 0 aromatic heterocycles. The van der Waals surface area contributed by atoms with E-state index in [9.17, 15) is 4.39 Å². The third-order valence-corrected chi connectivity index (χ3v) is 3.38. The van der Waals surface area contributed by atoms with Gasteiger partial charge in [0, 0.05) is 10.5 Å². The normalized spacial score (nSPS) is 12.7. The summed E-state index contributed by atoms with van der Waals surface area (Å²) in [6, 6.07) is 5.71. The highest BCUT2D eigenvalue weighted by molar-refractivity contribution is 9.10. The van der Waals surface area contributed by atoms with Crippen molar-refractivity contribution in [3.63, 3.8) is 0 Å². The minimum atomic E-state index is -0.159. The van der Waals surface area contributed by atoms with Crippen LogP contribution in [-0.2, 0) is 6.42 Å². The zero-order chi connectivity index (χ0) is 12.7. The summed E-state index contributed by atoms with van der Waals surface area (Å²) >= 11 is 3.32. The van der Waals surface area contributed by atoms with Crippen LogP contribution in [0.5, 0.6) is 0 Å². The van der Waals surface area contributed by atoms with Gasteiger partial charge in [-0.1, -0.05) is 29.8 Å². The predicted octanol–water partition coefficient (Wildman–Crippen LogP) is 4.30. The highest BCUT2D eigenvalue weighted by atomic mass is 79.9. The molecule has 1 atom stereocenters. The van der Waals surface area contributed by atoms with Crippen LogP contribution in [0.3, 0.4) is 0 Å². The predicted molar refractivity (Wildman–Crippen MR) is 74.8 cm³/mol. The quantitative estimate of drug-likeness (QED) is 0.792. The van der Waals surface area contributed by atoms with E-state index < -0.39 is 0 Å². The molecule has 0 heterocycles. The number of rotatable bonds is 7. The van der Waals surface area contributed by atoms with Gasteiger partial charge in [-0.2, -0.15) is 0 Å². The van der Waals surface area contributed by atoms with Gasteiger partial charge in [0.15, 0.2) is 0 Å². The third-order valence-electron chi connectivity index (χ3n) is 2.93. The molecule has 1 aromatic carbocycles. The maximum absolute atomic E-state index is 13.2. The van der Waals surface area contributed by atoms with Crippen molar-refractivity contribution in [1.29, 1.82) is 0 Å². The van der Waals surface area contributed by atoms with E-state index in [0.717, 1.165) is 42.3 Å². The smallest absolute Gasteiger partial charge is 0.124 e. The van der Waals surface area contributed by atoms with Gasteiger partial charge in [-0.05, 0) is 56.0 Å². The Bertz CT molecular complexity index is 321. The van der Waals surface area contributed by atoms with Crippen molar-refractivity contribution in [3.05, 3.63) is 34.1 Å². The molecule has 0 saturated carbocycles. The number of hydrogen-bond donors (Lipinski definition) is 1. The molecular weight excluding hydrogens is 281 g/mol. The minimum Gasteiger partial charge on any atom is -0.314 e. The SMILES string of the molecule is CCNC(CC)CCCc1cc(F)cc(Br)c1. The molecule has 96 valence electrons. The maximum atomic E-state index is 13.2. The molecule has 0 aliphatic heterocycles. The van der Waals surface area contributed by atoms with Crippen LogP contribution in [0, 0.1) is 5.82 Å². The van der Waals surface area contributed by atoms with Crippen LogP contribution >= 0.6 is 15.9 Å². The van der Waals surface area contributed by atoms with E-state index in [1.807, 2.05) is 6.07 Å². The summed E-state index contributed by atoms with van der Waals surface area (Å²) in [5, 5.41) is 3.46. The average Bonchev–Trinajstić information content (AvgIpc) is 2.26. The molecule has 0 amide bonds. The largest absolute Gasteiger partial charge is 0.314 e. The Morgan fingerprint density at radius 1 is 1.29 bits per heavy atom. The van der Waals surface area contributed by atoms with Crippen molar-refractivity contribution < 1.29 is 4.39 Å². The van der Waals surface area contributed by atoms with Gasteiger partial charge in [-0.15, -0.1) is 0 Å². The number of hydrogen-bond acceptors (Lipinski definition) is 1. The lowest BCUT2D eigenvalue weighted by Gasteiger charge is -2.15. The first-order chi connectivity index (χ1) is 8.15. The van der Waals surface area contributed by atoms with Gasteiger partial charge < -0.3 is 5.32 Å². The summed E-state index contributed by atoms with van der Waals surface area (Å²) in [6.45, 7) is 5.35. The van der Waals surface area contributed by atoms with Crippen LogP contribution in [0.1, 0.15) is 38.7 Å². The van der Waals surface area contributed by atoms with E-state index >= 15 is 0 Å². The molecule has 1 aromatic rings. The Balaban J connectivity index is 2.39. The van der Waals surface area contributed by atoms with Crippen LogP contribution in [0.25, 0.3) is 0 Å². The Morgan fingerprint density at radius 2 is 2.06 bits per heavy atom. The first-order valence-corrected chi connectivity index (χ1v) is 7.13. The molecule has 0 bridgehead atoms.